The van der Waals surface area contributed by atoms with Crippen LogP contribution in [0, 0.1) is 12.7 Å². The molecule has 1 fully saturated rings. The number of piperidine rings is 1. The SMILES string of the molecule is COCCNC(=NCc1nnc(C)n1C)NC1CCN(c2cccc(F)c2)CC1.I. The number of benzene rings is 1. The molecule has 0 radical (unpaired) electrons. The molecule has 166 valence electrons. The lowest BCUT2D eigenvalue weighted by Gasteiger charge is -2.34. The Morgan fingerprint density at radius 1 is 1.30 bits per heavy atom. The van der Waals surface area contributed by atoms with E-state index >= 15 is 0 Å². The second-order valence-corrected chi connectivity index (χ2v) is 7.19. The fourth-order valence-electron chi connectivity index (χ4n) is 3.31. The van der Waals surface area contributed by atoms with Crippen molar-refractivity contribution in [2.75, 3.05) is 38.3 Å². The Balaban J connectivity index is 0.00000320. The summed E-state index contributed by atoms with van der Waals surface area (Å²) >= 11 is 0. The molecule has 0 atom stereocenters. The first-order valence-electron chi connectivity index (χ1n) is 9.96. The van der Waals surface area contributed by atoms with E-state index in [4.69, 9.17) is 4.74 Å². The molecule has 3 rings (SSSR count). The third-order valence-corrected chi connectivity index (χ3v) is 5.17. The summed E-state index contributed by atoms with van der Waals surface area (Å²) in [7, 11) is 3.62. The maximum absolute atomic E-state index is 13.5. The van der Waals surface area contributed by atoms with Crippen LogP contribution in [-0.2, 0) is 18.3 Å². The highest BCUT2D eigenvalue weighted by Gasteiger charge is 2.20. The van der Waals surface area contributed by atoms with Gasteiger partial charge in [0.05, 0.1) is 6.61 Å². The monoisotopic (exact) mass is 531 g/mol. The van der Waals surface area contributed by atoms with Gasteiger partial charge in [0, 0.05) is 45.5 Å². The average Bonchev–Trinajstić information content (AvgIpc) is 3.04. The van der Waals surface area contributed by atoms with E-state index in [1.54, 1.807) is 19.2 Å². The molecule has 2 heterocycles. The second-order valence-electron chi connectivity index (χ2n) is 7.19. The molecule has 0 spiro atoms. The van der Waals surface area contributed by atoms with E-state index in [1.165, 1.54) is 6.07 Å². The summed E-state index contributed by atoms with van der Waals surface area (Å²) in [6.45, 7) is 5.37. The van der Waals surface area contributed by atoms with Crippen molar-refractivity contribution in [2.24, 2.45) is 12.0 Å². The summed E-state index contributed by atoms with van der Waals surface area (Å²) in [5, 5.41) is 15.1. The average molecular weight is 531 g/mol. The van der Waals surface area contributed by atoms with Gasteiger partial charge in [0.1, 0.15) is 18.2 Å². The zero-order valence-corrected chi connectivity index (χ0v) is 20.1. The van der Waals surface area contributed by atoms with Gasteiger partial charge in [-0.3, -0.25) is 0 Å². The van der Waals surface area contributed by atoms with Crippen LogP contribution in [0.25, 0.3) is 0 Å². The van der Waals surface area contributed by atoms with Gasteiger partial charge in [-0.25, -0.2) is 9.38 Å². The van der Waals surface area contributed by atoms with Gasteiger partial charge in [0.2, 0.25) is 0 Å². The van der Waals surface area contributed by atoms with Gasteiger partial charge in [0.15, 0.2) is 11.8 Å². The van der Waals surface area contributed by atoms with Gasteiger partial charge in [-0.15, -0.1) is 34.2 Å². The summed E-state index contributed by atoms with van der Waals surface area (Å²) in [4.78, 5) is 6.90. The van der Waals surface area contributed by atoms with E-state index < -0.39 is 0 Å². The standard InChI is InChI=1S/C20H30FN7O.HI/c1-15-25-26-19(27(15)2)14-23-20(22-9-12-29-3)24-17-7-10-28(11-8-17)18-6-4-5-16(21)13-18;/h4-6,13,17H,7-12,14H2,1-3H3,(H2,22,23,24);1H. The molecule has 1 aliphatic heterocycles. The molecule has 10 heteroatoms. The van der Waals surface area contributed by atoms with Crippen LogP contribution in [0.5, 0.6) is 0 Å². The molecule has 1 aromatic heterocycles. The molecule has 0 bridgehead atoms. The number of rotatable bonds is 7. The molecule has 0 aliphatic carbocycles. The van der Waals surface area contributed by atoms with Gasteiger partial charge in [-0.1, -0.05) is 6.07 Å². The van der Waals surface area contributed by atoms with Gasteiger partial charge in [0.25, 0.3) is 0 Å². The molecule has 2 N–H and O–H groups in total. The molecule has 8 nitrogen and oxygen atoms in total. The van der Waals surface area contributed by atoms with Crippen molar-refractivity contribution in [3.8, 4) is 0 Å². The van der Waals surface area contributed by atoms with Crippen molar-refractivity contribution in [1.29, 1.82) is 0 Å². The first-order valence-corrected chi connectivity index (χ1v) is 9.96. The number of halogens is 2. The quantitative estimate of drug-likeness (QED) is 0.247. The van der Waals surface area contributed by atoms with Crippen molar-refractivity contribution < 1.29 is 9.13 Å². The molecule has 1 aliphatic rings. The Bertz CT molecular complexity index is 821. The topological polar surface area (TPSA) is 79.6 Å². The van der Waals surface area contributed by atoms with Crippen LogP contribution < -0.4 is 15.5 Å². The normalized spacial score (nSPS) is 15.1. The highest BCUT2D eigenvalue weighted by atomic mass is 127. The van der Waals surface area contributed by atoms with Crippen molar-refractivity contribution in [3.05, 3.63) is 41.7 Å². The number of ether oxygens (including phenoxy) is 1. The van der Waals surface area contributed by atoms with Crippen molar-refractivity contribution in [3.63, 3.8) is 0 Å². The van der Waals surface area contributed by atoms with Crippen LogP contribution in [0.2, 0.25) is 0 Å². The van der Waals surface area contributed by atoms with Gasteiger partial charge in [-0.2, -0.15) is 0 Å². The number of hydrogen-bond donors (Lipinski definition) is 2. The van der Waals surface area contributed by atoms with Crippen LogP contribution in [0.4, 0.5) is 10.1 Å². The molecule has 0 unspecified atom stereocenters. The van der Waals surface area contributed by atoms with E-state index in [2.05, 4.69) is 30.7 Å². The highest BCUT2D eigenvalue weighted by molar-refractivity contribution is 14.0. The number of aryl methyl sites for hydroxylation is 1. The number of anilines is 1. The second kappa shape index (κ2) is 12.0. The number of guanidine groups is 1. The third-order valence-electron chi connectivity index (χ3n) is 5.17. The highest BCUT2D eigenvalue weighted by Crippen LogP contribution is 2.20. The van der Waals surface area contributed by atoms with Crippen LogP contribution >= 0.6 is 24.0 Å². The largest absolute Gasteiger partial charge is 0.383 e. The van der Waals surface area contributed by atoms with Crippen LogP contribution in [0.3, 0.4) is 0 Å². The molecule has 30 heavy (non-hydrogen) atoms. The van der Waals surface area contributed by atoms with Crippen molar-refractivity contribution in [2.45, 2.75) is 32.4 Å². The predicted octanol–water partition coefficient (Wildman–Crippen LogP) is 2.23. The Hall–Kier alpha value is -1.95. The van der Waals surface area contributed by atoms with Crippen molar-refractivity contribution in [1.82, 2.24) is 25.4 Å². The van der Waals surface area contributed by atoms with E-state index in [0.29, 0.717) is 25.7 Å². The van der Waals surface area contributed by atoms with Crippen LogP contribution in [-0.4, -0.2) is 60.1 Å². The summed E-state index contributed by atoms with van der Waals surface area (Å²) in [6, 6.07) is 7.09. The molecule has 1 saturated heterocycles. The fourth-order valence-corrected chi connectivity index (χ4v) is 3.31. The Labute approximate surface area is 194 Å². The zero-order valence-electron chi connectivity index (χ0n) is 17.8. The van der Waals surface area contributed by atoms with Gasteiger partial charge >= 0.3 is 0 Å². The van der Waals surface area contributed by atoms with E-state index in [9.17, 15) is 4.39 Å². The summed E-state index contributed by atoms with van der Waals surface area (Å²) in [6.07, 6.45) is 1.90. The Kier molecular flexibility index (Phi) is 9.76. The molecule has 1 aromatic carbocycles. The summed E-state index contributed by atoms with van der Waals surface area (Å²) in [5.41, 5.74) is 0.938. The number of nitrogens with zero attached hydrogens (tertiary/aromatic N) is 5. The lowest BCUT2D eigenvalue weighted by Crippen LogP contribution is -2.49. The third kappa shape index (κ3) is 6.79. The molecule has 2 aromatic rings. The molecular weight excluding hydrogens is 500 g/mol. The van der Waals surface area contributed by atoms with E-state index in [-0.39, 0.29) is 29.8 Å². The molecule has 0 saturated carbocycles. The smallest absolute Gasteiger partial charge is 0.192 e. The van der Waals surface area contributed by atoms with Gasteiger partial charge < -0.3 is 24.8 Å². The lowest BCUT2D eigenvalue weighted by atomic mass is 10.0. The number of nitrogens with one attached hydrogen (secondary N) is 2. The van der Waals surface area contributed by atoms with Gasteiger partial charge in [-0.05, 0) is 38.0 Å². The minimum Gasteiger partial charge on any atom is -0.383 e. The first kappa shape index (κ1) is 24.3. The predicted molar refractivity (Wildman–Crippen MR) is 127 cm³/mol. The lowest BCUT2D eigenvalue weighted by molar-refractivity contribution is 0.203. The van der Waals surface area contributed by atoms with E-state index in [0.717, 1.165) is 49.2 Å². The van der Waals surface area contributed by atoms with E-state index in [1.807, 2.05) is 24.6 Å². The Morgan fingerprint density at radius 3 is 2.70 bits per heavy atom. The number of hydrogen-bond acceptors (Lipinski definition) is 5. The minimum atomic E-state index is -0.196. The van der Waals surface area contributed by atoms with Crippen LogP contribution in [0.15, 0.2) is 29.3 Å². The number of aromatic nitrogens is 3. The zero-order chi connectivity index (χ0) is 20.6. The summed E-state index contributed by atoms with van der Waals surface area (Å²) < 4.78 is 20.6. The minimum absolute atomic E-state index is 0. The maximum Gasteiger partial charge on any atom is 0.192 e. The van der Waals surface area contributed by atoms with Crippen molar-refractivity contribution >= 4 is 35.6 Å². The molecule has 0 amide bonds. The maximum atomic E-state index is 13.5. The summed E-state index contributed by atoms with van der Waals surface area (Å²) in [5.74, 6) is 2.23. The molecular formula is C20H31FIN7O. The number of aliphatic imine (C=N–C) groups is 1. The fraction of sp³-hybridized carbons (Fsp3) is 0.550. The number of methoxy groups -OCH3 is 1. The van der Waals surface area contributed by atoms with Crippen LogP contribution in [0.1, 0.15) is 24.5 Å². The first-order chi connectivity index (χ1) is 14.1. The Morgan fingerprint density at radius 2 is 2.07 bits per heavy atom.